The number of ketones is 1. The lowest BCUT2D eigenvalue weighted by Gasteiger charge is -2.15. The summed E-state index contributed by atoms with van der Waals surface area (Å²) in [6, 6.07) is 0. The summed E-state index contributed by atoms with van der Waals surface area (Å²) in [5, 5.41) is 11.4. The van der Waals surface area contributed by atoms with Crippen LogP contribution in [-0.4, -0.2) is 35.5 Å². The molecule has 70 valence electrons. The Hall–Kier alpha value is -0.940. The van der Waals surface area contributed by atoms with E-state index in [9.17, 15) is 9.59 Å². The summed E-state index contributed by atoms with van der Waals surface area (Å²) in [5.41, 5.74) is 3.58. The average molecular weight is 174 g/mol. The lowest BCUT2D eigenvalue weighted by atomic mass is 10.0. The Morgan fingerprint density at radius 3 is 2.33 bits per heavy atom. The Balaban J connectivity index is 3.81. The van der Waals surface area contributed by atoms with E-state index >= 15 is 0 Å². The van der Waals surface area contributed by atoms with Crippen molar-refractivity contribution < 1.29 is 14.7 Å². The van der Waals surface area contributed by atoms with E-state index < -0.39 is 17.3 Å². The maximum atomic E-state index is 11.0. The number of aliphatic hydroxyl groups is 1. The van der Waals surface area contributed by atoms with Crippen LogP contribution in [0, 0.1) is 0 Å². The third-order valence-corrected chi connectivity index (χ3v) is 1.31. The van der Waals surface area contributed by atoms with Crippen molar-refractivity contribution in [3.8, 4) is 0 Å². The zero-order chi connectivity index (χ0) is 9.78. The number of amides is 1. The van der Waals surface area contributed by atoms with E-state index in [1.54, 1.807) is 0 Å². The number of Topliss-reactive ketones (excluding diaryl/α,β-unsaturated/α-hetero) is 1. The van der Waals surface area contributed by atoms with E-state index in [1.165, 1.54) is 13.8 Å². The van der Waals surface area contributed by atoms with Crippen molar-refractivity contribution in [1.82, 2.24) is 5.32 Å². The van der Waals surface area contributed by atoms with Gasteiger partial charge >= 0.3 is 0 Å². The maximum absolute atomic E-state index is 11.0. The second-order valence-electron chi connectivity index (χ2n) is 2.96. The van der Waals surface area contributed by atoms with Crippen LogP contribution < -0.4 is 11.1 Å². The third-order valence-electron chi connectivity index (χ3n) is 1.31. The van der Waals surface area contributed by atoms with Crippen molar-refractivity contribution in [2.24, 2.45) is 5.73 Å². The molecule has 0 aliphatic carbocycles. The minimum absolute atomic E-state index is 0.154. The van der Waals surface area contributed by atoms with E-state index in [2.05, 4.69) is 5.32 Å². The van der Waals surface area contributed by atoms with Crippen LogP contribution >= 0.6 is 0 Å². The molecule has 12 heavy (non-hydrogen) atoms. The predicted molar refractivity (Wildman–Crippen MR) is 43.4 cm³/mol. The van der Waals surface area contributed by atoms with Crippen LogP contribution in [0.25, 0.3) is 0 Å². The molecule has 0 bridgehead atoms. The fourth-order valence-electron chi connectivity index (χ4n) is 0.467. The summed E-state index contributed by atoms with van der Waals surface area (Å²) in [6.07, 6.45) is 0. The topological polar surface area (TPSA) is 92.4 Å². The van der Waals surface area contributed by atoms with Gasteiger partial charge in [0.05, 0.1) is 13.1 Å². The highest BCUT2D eigenvalue weighted by molar-refractivity contribution is 5.91. The molecule has 0 aliphatic rings. The second-order valence-corrected chi connectivity index (χ2v) is 2.96. The monoisotopic (exact) mass is 174 g/mol. The molecule has 5 heteroatoms. The van der Waals surface area contributed by atoms with Crippen LogP contribution in [0.2, 0.25) is 0 Å². The van der Waals surface area contributed by atoms with E-state index in [-0.39, 0.29) is 13.1 Å². The lowest BCUT2D eigenvalue weighted by Crippen LogP contribution is -2.42. The van der Waals surface area contributed by atoms with E-state index in [0.717, 1.165) is 0 Å². The van der Waals surface area contributed by atoms with Gasteiger partial charge in [0, 0.05) is 0 Å². The number of rotatable bonds is 4. The van der Waals surface area contributed by atoms with Crippen molar-refractivity contribution in [2.45, 2.75) is 19.4 Å². The SMILES string of the molecule is CC(C)(O)C(=O)CNC(=O)CN. The smallest absolute Gasteiger partial charge is 0.234 e. The fraction of sp³-hybridized carbons (Fsp3) is 0.714. The lowest BCUT2D eigenvalue weighted by molar-refractivity contribution is -0.134. The van der Waals surface area contributed by atoms with Crippen molar-refractivity contribution in [1.29, 1.82) is 0 Å². The molecule has 0 heterocycles. The van der Waals surface area contributed by atoms with E-state index in [0.29, 0.717) is 0 Å². The summed E-state index contributed by atoms with van der Waals surface area (Å²) in [6.45, 7) is 2.40. The van der Waals surface area contributed by atoms with Gasteiger partial charge < -0.3 is 16.2 Å². The van der Waals surface area contributed by atoms with E-state index in [1.807, 2.05) is 0 Å². The van der Waals surface area contributed by atoms with Gasteiger partial charge in [0.25, 0.3) is 0 Å². The molecular formula is C7H14N2O3. The number of hydrogen-bond acceptors (Lipinski definition) is 4. The summed E-state index contributed by atoms with van der Waals surface area (Å²) in [4.78, 5) is 21.6. The Bertz CT molecular complexity index is 184. The number of nitrogens with one attached hydrogen (secondary N) is 1. The molecule has 5 nitrogen and oxygen atoms in total. The van der Waals surface area contributed by atoms with Gasteiger partial charge in [-0.2, -0.15) is 0 Å². The molecule has 4 N–H and O–H groups in total. The Labute approximate surface area is 70.9 Å². The quantitative estimate of drug-likeness (QED) is 0.478. The highest BCUT2D eigenvalue weighted by Gasteiger charge is 2.23. The molecule has 0 unspecified atom stereocenters. The highest BCUT2D eigenvalue weighted by Crippen LogP contribution is 2.00. The molecule has 0 atom stereocenters. The van der Waals surface area contributed by atoms with Crippen LogP contribution in [0.15, 0.2) is 0 Å². The molecule has 1 amide bonds. The predicted octanol–water partition coefficient (Wildman–Crippen LogP) is -1.60. The van der Waals surface area contributed by atoms with Crippen LogP contribution in [0.5, 0.6) is 0 Å². The molecule has 0 rings (SSSR count). The summed E-state index contributed by atoms with van der Waals surface area (Å²) >= 11 is 0. The van der Waals surface area contributed by atoms with Gasteiger partial charge in [0.2, 0.25) is 5.91 Å². The molecule has 0 spiro atoms. The first-order valence-electron chi connectivity index (χ1n) is 3.60. The van der Waals surface area contributed by atoms with Crippen LogP contribution in [0.4, 0.5) is 0 Å². The number of carbonyl (C=O) groups excluding carboxylic acids is 2. The van der Waals surface area contributed by atoms with Crippen molar-refractivity contribution in [2.75, 3.05) is 13.1 Å². The normalized spacial score (nSPS) is 11.0. The van der Waals surface area contributed by atoms with Gasteiger partial charge in [0.15, 0.2) is 5.78 Å². The number of hydrogen-bond donors (Lipinski definition) is 3. The highest BCUT2D eigenvalue weighted by atomic mass is 16.3. The molecule has 0 saturated heterocycles. The zero-order valence-electron chi connectivity index (χ0n) is 7.26. The molecule has 0 aromatic heterocycles. The molecule has 0 aliphatic heterocycles. The first-order chi connectivity index (χ1) is 5.38. The summed E-state index contributed by atoms with van der Waals surface area (Å²) < 4.78 is 0. The fourth-order valence-corrected chi connectivity index (χ4v) is 0.467. The number of nitrogens with two attached hydrogens (primary N) is 1. The maximum Gasteiger partial charge on any atom is 0.234 e. The molecule has 0 fully saturated rings. The molecule has 0 radical (unpaired) electrons. The molecule has 0 saturated carbocycles. The Kier molecular flexibility index (Phi) is 3.85. The standard InChI is InChI=1S/C7H14N2O3/c1-7(2,12)5(10)4-9-6(11)3-8/h12H,3-4,8H2,1-2H3,(H,9,11). The van der Waals surface area contributed by atoms with Gasteiger partial charge in [0.1, 0.15) is 5.60 Å². The van der Waals surface area contributed by atoms with Crippen molar-refractivity contribution >= 4 is 11.7 Å². The third kappa shape index (κ3) is 4.05. The average Bonchev–Trinajstić information content (AvgIpc) is 1.97. The zero-order valence-corrected chi connectivity index (χ0v) is 7.26. The minimum atomic E-state index is -1.40. The van der Waals surface area contributed by atoms with Crippen molar-refractivity contribution in [3.05, 3.63) is 0 Å². The first-order valence-corrected chi connectivity index (χ1v) is 3.60. The Morgan fingerprint density at radius 2 is 2.00 bits per heavy atom. The van der Waals surface area contributed by atoms with Crippen LogP contribution in [-0.2, 0) is 9.59 Å². The van der Waals surface area contributed by atoms with Gasteiger partial charge in [-0.3, -0.25) is 9.59 Å². The minimum Gasteiger partial charge on any atom is -0.383 e. The van der Waals surface area contributed by atoms with Crippen LogP contribution in [0.1, 0.15) is 13.8 Å². The van der Waals surface area contributed by atoms with Crippen molar-refractivity contribution in [3.63, 3.8) is 0 Å². The van der Waals surface area contributed by atoms with Gasteiger partial charge in [-0.25, -0.2) is 0 Å². The van der Waals surface area contributed by atoms with Gasteiger partial charge in [-0.1, -0.05) is 0 Å². The number of carbonyl (C=O) groups is 2. The summed E-state index contributed by atoms with van der Waals surface area (Å²) in [5.74, 6) is -0.850. The van der Waals surface area contributed by atoms with Crippen LogP contribution in [0.3, 0.4) is 0 Å². The van der Waals surface area contributed by atoms with Gasteiger partial charge in [-0.15, -0.1) is 0 Å². The molecular weight excluding hydrogens is 160 g/mol. The van der Waals surface area contributed by atoms with E-state index in [4.69, 9.17) is 10.8 Å². The first kappa shape index (κ1) is 11.1. The van der Waals surface area contributed by atoms with Gasteiger partial charge in [-0.05, 0) is 13.8 Å². The molecule has 0 aromatic rings. The molecule has 0 aromatic carbocycles. The second kappa shape index (κ2) is 4.18. The largest absolute Gasteiger partial charge is 0.383 e. The summed E-state index contributed by atoms with van der Waals surface area (Å²) in [7, 11) is 0. The Morgan fingerprint density at radius 1 is 1.50 bits per heavy atom.